The van der Waals surface area contributed by atoms with Gasteiger partial charge in [0.05, 0.1) is 23.6 Å². The van der Waals surface area contributed by atoms with Crippen LogP contribution in [0.5, 0.6) is 0 Å². The number of hydrogen-bond acceptors (Lipinski definition) is 6. The molecule has 8 nitrogen and oxygen atoms in total. The Hall–Kier alpha value is -2.06. The van der Waals surface area contributed by atoms with Crippen molar-refractivity contribution in [2.24, 2.45) is 0 Å². The van der Waals surface area contributed by atoms with E-state index in [1.165, 1.54) is 12.4 Å². The third kappa shape index (κ3) is 5.46. The second-order valence-electron chi connectivity index (χ2n) is 7.75. The number of β-amino-alcohol motifs (C(OH)–C–C–N with tert-alkyl or cyclic N) is 1. The summed E-state index contributed by atoms with van der Waals surface area (Å²) in [5.41, 5.74) is -0.234. The van der Waals surface area contributed by atoms with Crippen molar-refractivity contribution in [3.8, 4) is 0 Å². The number of likely N-dealkylation sites (tertiary alicyclic amines) is 2. The van der Waals surface area contributed by atoms with Crippen LogP contribution in [0.2, 0.25) is 0 Å². The van der Waals surface area contributed by atoms with Crippen molar-refractivity contribution in [3.05, 3.63) is 24.0 Å². The summed E-state index contributed by atoms with van der Waals surface area (Å²) < 4.78 is 0. The van der Waals surface area contributed by atoms with Gasteiger partial charge in [0.15, 0.2) is 0 Å². The summed E-state index contributed by atoms with van der Waals surface area (Å²) in [6, 6.07) is 1.91. The Morgan fingerprint density at radius 2 is 2.00 bits per heavy atom. The van der Waals surface area contributed by atoms with E-state index in [4.69, 9.17) is 0 Å². The van der Waals surface area contributed by atoms with E-state index in [2.05, 4.69) is 20.4 Å². The van der Waals surface area contributed by atoms with E-state index in [-0.39, 0.29) is 17.9 Å². The van der Waals surface area contributed by atoms with E-state index in [0.29, 0.717) is 38.0 Å². The van der Waals surface area contributed by atoms with Crippen molar-refractivity contribution < 1.29 is 14.7 Å². The third-order valence-electron chi connectivity index (χ3n) is 5.55. The highest BCUT2D eigenvalue weighted by Gasteiger charge is 2.34. The lowest BCUT2D eigenvalue weighted by Crippen LogP contribution is -2.50. The Morgan fingerprint density at radius 1 is 1.22 bits per heavy atom. The summed E-state index contributed by atoms with van der Waals surface area (Å²) in [4.78, 5) is 27.9. The Labute approximate surface area is 159 Å². The molecule has 8 heteroatoms. The lowest BCUT2D eigenvalue weighted by molar-refractivity contribution is -0.120. The predicted octanol–water partition coefficient (Wildman–Crippen LogP) is 0.434. The Balaban J connectivity index is 1.51. The Kier molecular flexibility index (Phi) is 6.38. The van der Waals surface area contributed by atoms with Gasteiger partial charge in [0, 0.05) is 45.7 Å². The normalized spacial score (nSPS) is 25.0. The molecule has 1 unspecified atom stereocenters. The number of hydrogen-bond donors (Lipinski definition) is 2. The number of aromatic nitrogens is 2. The molecule has 2 fully saturated rings. The molecule has 27 heavy (non-hydrogen) atoms. The summed E-state index contributed by atoms with van der Waals surface area (Å²) in [5, 5.41) is 21.6. The first-order valence-corrected chi connectivity index (χ1v) is 9.73. The van der Waals surface area contributed by atoms with Crippen LogP contribution in [0.3, 0.4) is 0 Å². The van der Waals surface area contributed by atoms with Crippen molar-refractivity contribution in [1.82, 2.24) is 25.3 Å². The topological polar surface area (TPSA) is 98.7 Å². The number of aliphatic hydroxyl groups is 1. The molecule has 0 aliphatic carbocycles. The highest BCUT2D eigenvalue weighted by atomic mass is 16.3. The van der Waals surface area contributed by atoms with Crippen LogP contribution in [0.25, 0.3) is 0 Å². The van der Waals surface area contributed by atoms with Gasteiger partial charge in [-0.05, 0) is 38.2 Å². The first kappa shape index (κ1) is 19.7. The number of rotatable bonds is 4. The van der Waals surface area contributed by atoms with Crippen molar-refractivity contribution in [2.75, 3.05) is 32.7 Å². The number of amides is 2. The fourth-order valence-electron chi connectivity index (χ4n) is 4.08. The van der Waals surface area contributed by atoms with Crippen LogP contribution in [-0.4, -0.2) is 81.3 Å². The van der Waals surface area contributed by atoms with Gasteiger partial charge >= 0.3 is 0 Å². The molecular weight excluding hydrogens is 346 g/mol. The van der Waals surface area contributed by atoms with E-state index >= 15 is 0 Å². The maximum absolute atomic E-state index is 12.6. The highest BCUT2D eigenvalue weighted by molar-refractivity contribution is 5.93. The smallest absolute Gasteiger partial charge is 0.255 e. The van der Waals surface area contributed by atoms with Crippen molar-refractivity contribution in [3.63, 3.8) is 0 Å². The van der Waals surface area contributed by atoms with E-state index in [1.54, 1.807) is 17.9 Å². The molecule has 148 valence electrons. The van der Waals surface area contributed by atoms with Crippen molar-refractivity contribution in [2.45, 2.75) is 50.7 Å². The zero-order valence-electron chi connectivity index (χ0n) is 15.9. The van der Waals surface area contributed by atoms with Crippen LogP contribution in [0.4, 0.5) is 0 Å². The van der Waals surface area contributed by atoms with Crippen LogP contribution < -0.4 is 5.32 Å². The molecule has 0 spiro atoms. The van der Waals surface area contributed by atoms with Crippen molar-refractivity contribution in [1.29, 1.82) is 0 Å². The van der Waals surface area contributed by atoms with Gasteiger partial charge in [0.25, 0.3) is 5.91 Å². The van der Waals surface area contributed by atoms with E-state index in [9.17, 15) is 14.7 Å². The second kappa shape index (κ2) is 8.75. The van der Waals surface area contributed by atoms with Gasteiger partial charge in [-0.25, -0.2) is 0 Å². The summed E-state index contributed by atoms with van der Waals surface area (Å²) in [5.74, 6) is -0.0322. The van der Waals surface area contributed by atoms with Crippen LogP contribution in [0.1, 0.15) is 49.4 Å². The van der Waals surface area contributed by atoms with Gasteiger partial charge in [-0.1, -0.05) is 0 Å². The van der Waals surface area contributed by atoms with Gasteiger partial charge in [-0.3, -0.25) is 9.59 Å². The minimum absolute atomic E-state index is 0.0185. The molecule has 1 aromatic rings. The summed E-state index contributed by atoms with van der Waals surface area (Å²) in [6.07, 6.45) is 6.87. The van der Waals surface area contributed by atoms with Gasteiger partial charge in [0.2, 0.25) is 5.91 Å². The van der Waals surface area contributed by atoms with E-state index in [0.717, 1.165) is 32.4 Å². The quantitative estimate of drug-likeness (QED) is 0.792. The molecular formula is C19H29N5O3. The van der Waals surface area contributed by atoms with Crippen molar-refractivity contribution >= 4 is 11.8 Å². The molecule has 2 amide bonds. The first-order chi connectivity index (χ1) is 13.0. The molecule has 3 rings (SSSR count). The monoisotopic (exact) mass is 375 g/mol. The third-order valence-corrected chi connectivity index (χ3v) is 5.55. The zero-order valence-corrected chi connectivity index (χ0v) is 15.9. The van der Waals surface area contributed by atoms with Crippen LogP contribution in [0.15, 0.2) is 18.5 Å². The maximum Gasteiger partial charge on any atom is 0.255 e. The van der Waals surface area contributed by atoms with E-state index in [1.807, 2.05) is 0 Å². The first-order valence-electron chi connectivity index (χ1n) is 9.73. The molecule has 2 aliphatic rings. The number of piperidine rings is 1. The summed E-state index contributed by atoms with van der Waals surface area (Å²) >= 11 is 0. The SMILES string of the molecule is CC(=O)NC1CCN(CC2(O)CCCN(C(=O)c3ccnnc3)CC2)CC1. The molecule has 0 aromatic carbocycles. The number of nitrogens with zero attached hydrogens (tertiary/aromatic N) is 4. The van der Waals surface area contributed by atoms with Crippen LogP contribution in [0, 0.1) is 0 Å². The fourth-order valence-corrected chi connectivity index (χ4v) is 4.08. The van der Waals surface area contributed by atoms with Gasteiger partial charge in [-0.15, -0.1) is 0 Å². The molecule has 0 radical (unpaired) electrons. The Bertz CT molecular complexity index is 648. The average molecular weight is 375 g/mol. The number of carbonyl (C=O) groups excluding carboxylic acids is 2. The molecule has 2 saturated heterocycles. The Morgan fingerprint density at radius 3 is 2.67 bits per heavy atom. The molecule has 2 aliphatic heterocycles. The second-order valence-corrected chi connectivity index (χ2v) is 7.75. The number of nitrogens with one attached hydrogen (secondary N) is 1. The molecule has 0 bridgehead atoms. The minimum Gasteiger partial charge on any atom is -0.388 e. The molecule has 3 heterocycles. The van der Waals surface area contributed by atoms with Crippen LogP contribution >= 0.6 is 0 Å². The number of carbonyl (C=O) groups is 2. The van der Waals surface area contributed by atoms with Gasteiger partial charge in [0.1, 0.15) is 0 Å². The van der Waals surface area contributed by atoms with E-state index < -0.39 is 5.60 Å². The molecule has 1 aromatic heterocycles. The average Bonchev–Trinajstić information content (AvgIpc) is 2.85. The van der Waals surface area contributed by atoms with Gasteiger partial charge < -0.3 is 20.2 Å². The fraction of sp³-hybridized carbons (Fsp3) is 0.684. The largest absolute Gasteiger partial charge is 0.388 e. The lowest BCUT2D eigenvalue weighted by Gasteiger charge is -2.38. The minimum atomic E-state index is -0.771. The standard InChI is InChI=1S/C19H29N5O3/c1-15(25)22-17-4-10-23(11-5-17)14-19(27)6-2-9-24(12-7-19)18(26)16-3-8-20-21-13-16/h3,8,13,17,27H,2,4-7,9-12,14H2,1H3,(H,22,25). The summed E-state index contributed by atoms with van der Waals surface area (Å²) in [7, 11) is 0. The zero-order chi connectivity index (χ0) is 19.3. The van der Waals surface area contributed by atoms with Gasteiger partial charge in [-0.2, -0.15) is 10.2 Å². The highest BCUT2D eigenvalue weighted by Crippen LogP contribution is 2.26. The predicted molar refractivity (Wildman–Crippen MR) is 100 cm³/mol. The lowest BCUT2D eigenvalue weighted by atomic mass is 9.93. The molecule has 0 saturated carbocycles. The maximum atomic E-state index is 12.6. The molecule has 2 N–H and O–H groups in total. The van der Waals surface area contributed by atoms with Crippen LogP contribution in [-0.2, 0) is 4.79 Å². The molecule has 1 atom stereocenters. The summed E-state index contributed by atoms with van der Waals surface area (Å²) in [6.45, 7) is 5.11.